The Morgan fingerprint density at radius 1 is 0.562 bits per heavy atom. The summed E-state index contributed by atoms with van der Waals surface area (Å²) in [4.78, 5) is 40.3. The Labute approximate surface area is 373 Å². The van der Waals surface area contributed by atoms with Crippen LogP contribution in [0.15, 0.2) is 150 Å². The van der Waals surface area contributed by atoms with Crippen LogP contribution < -0.4 is 5.48 Å². The molecule has 1 aliphatic rings. The Bertz CT molecular complexity index is 2850. The number of rotatable bonds is 10. The number of carbonyl (C=O) groups is 3. The molecule has 0 bridgehead atoms. The molecule has 7 aromatic rings. The standard InChI is InChI=1S/C20H20N2O2.C18H17N3O2.C14H15NO2/c1-4-24-20(23)19-13-17(16-11-7-5-9-14(16)2)21-22(19)18-12-8-6-10-15(18)3;1-12-7-3-5-9-14(12)15-11-17(18(22)20-23)21(19-15)16-10-6-4-8-13(16)2;1-3-17-14(16)11-8-13(15-9-11)12-7-5-4-6-10(12)2/h5-13H,4H2,1-3H3;3-11,23H,1-2H3,(H,20,22);4-8H,3,9H2,1-2H3. The summed E-state index contributed by atoms with van der Waals surface area (Å²) in [5.74, 6) is -1.23. The van der Waals surface area contributed by atoms with Crippen LogP contribution in [0.2, 0.25) is 0 Å². The number of para-hydroxylation sites is 2. The zero-order valence-corrected chi connectivity index (χ0v) is 37.1. The number of carbonyl (C=O) groups excluding carboxylic acids is 3. The van der Waals surface area contributed by atoms with Crippen LogP contribution in [-0.2, 0) is 14.3 Å². The molecular formula is C52H52N6O6. The molecular weight excluding hydrogens is 805 g/mol. The molecule has 1 amide bonds. The summed E-state index contributed by atoms with van der Waals surface area (Å²) >= 11 is 0. The van der Waals surface area contributed by atoms with Gasteiger partial charge in [0.25, 0.3) is 5.91 Å². The lowest BCUT2D eigenvalue weighted by Crippen LogP contribution is -2.22. The number of hydrogen-bond acceptors (Lipinski definition) is 9. The van der Waals surface area contributed by atoms with Gasteiger partial charge in [-0.25, -0.2) is 24.4 Å². The third-order valence-electron chi connectivity index (χ3n) is 10.5. The fourth-order valence-corrected chi connectivity index (χ4v) is 7.08. The molecule has 0 saturated heterocycles. The minimum atomic E-state index is -0.597. The normalized spacial score (nSPS) is 11.6. The van der Waals surface area contributed by atoms with Crippen LogP contribution in [0, 0.1) is 34.6 Å². The number of ether oxygens (including phenoxy) is 2. The van der Waals surface area contributed by atoms with Crippen molar-refractivity contribution in [1.29, 1.82) is 0 Å². The van der Waals surface area contributed by atoms with E-state index in [1.165, 1.54) is 0 Å². The molecule has 64 heavy (non-hydrogen) atoms. The van der Waals surface area contributed by atoms with Crippen molar-refractivity contribution >= 4 is 23.6 Å². The van der Waals surface area contributed by atoms with E-state index in [2.05, 4.69) is 10.1 Å². The zero-order valence-electron chi connectivity index (χ0n) is 37.1. The van der Waals surface area contributed by atoms with E-state index in [1.807, 2.05) is 162 Å². The first kappa shape index (κ1) is 45.8. The number of aliphatic imine (C=N–C) groups is 1. The molecule has 12 heteroatoms. The molecule has 12 nitrogen and oxygen atoms in total. The Kier molecular flexibility index (Phi) is 15.3. The minimum Gasteiger partial charge on any atom is -0.463 e. The fourth-order valence-electron chi connectivity index (χ4n) is 7.08. The number of aryl methyl sites for hydroxylation is 5. The number of esters is 2. The third-order valence-corrected chi connectivity index (χ3v) is 10.5. The summed E-state index contributed by atoms with van der Waals surface area (Å²) in [5.41, 5.74) is 15.4. The minimum absolute atomic E-state index is 0.264. The summed E-state index contributed by atoms with van der Waals surface area (Å²) in [7, 11) is 0. The van der Waals surface area contributed by atoms with Crippen molar-refractivity contribution in [2.45, 2.75) is 48.5 Å². The van der Waals surface area contributed by atoms with E-state index in [9.17, 15) is 14.4 Å². The Morgan fingerprint density at radius 2 is 0.969 bits per heavy atom. The van der Waals surface area contributed by atoms with Gasteiger partial charge in [-0.3, -0.25) is 15.0 Å². The van der Waals surface area contributed by atoms with Gasteiger partial charge in [-0.2, -0.15) is 10.2 Å². The van der Waals surface area contributed by atoms with Gasteiger partial charge < -0.3 is 9.47 Å². The Morgan fingerprint density at radius 3 is 1.42 bits per heavy atom. The highest BCUT2D eigenvalue weighted by atomic mass is 16.5. The maximum absolute atomic E-state index is 12.4. The van der Waals surface area contributed by atoms with Crippen molar-refractivity contribution in [3.63, 3.8) is 0 Å². The summed E-state index contributed by atoms with van der Waals surface area (Å²) < 4.78 is 13.4. The molecule has 3 heterocycles. The van der Waals surface area contributed by atoms with Crippen molar-refractivity contribution < 1.29 is 29.1 Å². The lowest BCUT2D eigenvalue weighted by Gasteiger charge is -2.09. The van der Waals surface area contributed by atoms with Crippen LogP contribution in [-0.4, -0.2) is 68.1 Å². The molecule has 2 N–H and O–H groups in total. The highest BCUT2D eigenvalue weighted by Crippen LogP contribution is 2.28. The SMILES string of the molecule is CCOC(=O)C1=CC(c2ccccc2C)=NC1.CCOC(=O)c1cc(-c2ccccc2C)nn1-c1ccccc1C.Cc1ccccc1-c1cc(C(=O)NO)n(-c2ccccc2C)n1. The maximum atomic E-state index is 12.4. The topological polar surface area (TPSA) is 150 Å². The largest absolute Gasteiger partial charge is 0.463 e. The molecule has 0 saturated carbocycles. The molecule has 0 aliphatic carbocycles. The van der Waals surface area contributed by atoms with Crippen molar-refractivity contribution in [2.24, 2.45) is 4.99 Å². The van der Waals surface area contributed by atoms with Crippen LogP contribution in [0.5, 0.6) is 0 Å². The Balaban J connectivity index is 0.000000162. The average molecular weight is 857 g/mol. The smallest absolute Gasteiger partial charge is 0.357 e. The van der Waals surface area contributed by atoms with E-state index in [4.69, 9.17) is 19.8 Å². The molecule has 2 aromatic heterocycles. The third kappa shape index (κ3) is 10.7. The lowest BCUT2D eigenvalue weighted by molar-refractivity contribution is -0.138. The van der Waals surface area contributed by atoms with Crippen LogP contribution in [0.4, 0.5) is 0 Å². The number of hydroxylamine groups is 1. The Hall–Kier alpha value is -7.70. The molecule has 0 spiro atoms. The lowest BCUT2D eigenvalue weighted by atomic mass is 10.0. The summed E-state index contributed by atoms with van der Waals surface area (Å²) in [6.07, 6.45) is 1.82. The number of nitrogens with zero attached hydrogens (tertiary/aromatic N) is 5. The van der Waals surface area contributed by atoms with Gasteiger partial charge in [0.05, 0.1) is 53.8 Å². The first-order valence-electron chi connectivity index (χ1n) is 21.0. The molecule has 0 unspecified atom stereocenters. The van der Waals surface area contributed by atoms with Gasteiger partial charge in [0.2, 0.25) is 0 Å². The number of nitrogens with one attached hydrogen (secondary N) is 1. The highest BCUT2D eigenvalue weighted by Gasteiger charge is 2.22. The second-order valence-electron chi connectivity index (χ2n) is 14.9. The van der Waals surface area contributed by atoms with Crippen LogP contribution in [0.1, 0.15) is 68.2 Å². The molecule has 5 aromatic carbocycles. The van der Waals surface area contributed by atoms with Gasteiger partial charge in [0.1, 0.15) is 5.69 Å². The van der Waals surface area contributed by atoms with Crippen LogP contribution >= 0.6 is 0 Å². The second kappa shape index (κ2) is 21.4. The van der Waals surface area contributed by atoms with Crippen molar-refractivity contribution in [3.8, 4) is 33.9 Å². The number of aromatic nitrogens is 4. The van der Waals surface area contributed by atoms with Crippen molar-refractivity contribution in [2.75, 3.05) is 19.8 Å². The first-order chi connectivity index (χ1) is 30.9. The first-order valence-corrected chi connectivity index (χ1v) is 21.0. The quantitative estimate of drug-likeness (QED) is 0.0785. The fraction of sp³-hybridized carbons (Fsp3) is 0.192. The second-order valence-corrected chi connectivity index (χ2v) is 14.9. The predicted molar refractivity (Wildman–Crippen MR) is 249 cm³/mol. The van der Waals surface area contributed by atoms with Crippen molar-refractivity contribution in [3.05, 3.63) is 190 Å². The molecule has 8 rings (SSSR count). The summed E-state index contributed by atoms with van der Waals surface area (Å²) in [6, 6.07) is 42.8. The molecule has 1 aliphatic heterocycles. The van der Waals surface area contributed by atoms with Gasteiger partial charge in [-0.15, -0.1) is 0 Å². The van der Waals surface area contributed by atoms with E-state index in [0.717, 1.165) is 67.3 Å². The van der Waals surface area contributed by atoms with Gasteiger partial charge in [0, 0.05) is 16.7 Å². The molecule has 326 valence electrons. The number of allylic oxidation sites excluding steroid dienone is 1. The highest BCUT2D eigenvalue weighted by molar-refractivity contribution is 6.15. The zero-order chi connectivity index (χ0) is 45.8. The number of benzene rings is 5. The van der Waals surface area contributed by atoms with Crippen LogP contribution in [0.3, 0.4) is 0 Å². The van der Waals surface area contributed by atoms with E-state index in [-0.39, 0.29) is 17.6 Å². The molecule has 0 radical (unpaired) electrons. The maximum Gasteiger partial charge on any atom is 0.357 e. The van der Waals surface area contributed by atoms with E-state index >= 15 is 0 Å². The van der Waals surface area contributed by atoms with Gasteiger partial charge in [-0.05, 0) is 107 Å². The molecule has 0 fully saturated rings. The van der Waals surface area contributed by atoms with Gasteiger partial charge in [-0.1, -0.05) is 109 Å². The summed E-state index contributed by atoms with van der Waals surface area (Å²) in [5, 5.41) is 18.3. The van der Waals surface area contributed by atoms with E-state index < -0.39 is 5.91 Å². The number of amides is 1. The predicted octanol–water partition coefficient (Wildman–Crippen LogP) is 9.90. The average Bonchev–Trinajstić information content (AvgIpc) is 4.08. The molecule has 0 atom stereocenters. The van der Waals surface area contributed by atoms with Crippen molar-refractivity contribution in [1.82, 2.24) is 25.0 Å². The monoisotopic (exact) mass is 856 g/mol. The van der Waals surface area contributed by atoms with Gasteiger partial charge >= 0.3 is 11.9 Å². The van der Waals surface area contributed by atoms with E-state index in [1.54, 1.807) is 40.8 Å². The summed E-state index contributed by atoms with van der Waals surface area (Å²) in [6.45, 7) is 14.8. The van der Waals surface area contributed by atoms with E-state index in [0.29, 0.717) is 36.7 Å². The van der Waals surface area contributed by atoms with Crippen LogP contribution in [0.25, 0.3) is 33.9 Å². The number of hydrogen-bond donors (Lipinski definition) is 2. The van der Waals surface area contributed by atoms with Gasteiger partial charge in [0.15, 0.2) is 5.69 Å².